The number of hydrogen-bond acceptors (Lipinski definition) is 6. The molecule has 0 saturated carbocycles. The van der Waals surface area contributed by atoms with Gasteiger partial charge >= 0.3 is 0 Å². The minimum absolute atomic E-state index is 0.172. The number of aromatic nitrogens is 2. The summed E-state index contributed by atoms with van der Waals surface area (Å²) in [6.07, 6.45) is 0. The van der Waals surface area contributed by atoms with Gasteiger partial charge in [0.05, 0.1) is 6.54 Å². The zero-order valence-electron chi connectivity index (χ0n) is 7.43. The first-order valence-electron chi connectivity index (χ1n) is 4.02. The first-order chi connectivity index (χ1) is 6.26. The van der Waals surface area contributed by atoms with Crippen molar-refractivity contribution in [2.75, 3.05) is 12.4 Å². The predicted molar refractivity (Wildman–Crippen MR) is 49.2 cm³/mol. The Morgan fingerprint density at radius 2 is 2.38 bits per heavy atom. The molecule has 1 unspecified atom stereocenters. The Hall–Kier alpha value is -0.590. The molecule has 0 radical (unpaired) electrons. The maximum atomic E-state index is 8.76. The van der Waals surface area contributed by atoms with Crippen LogP contribution in [0.4, 0.5) is 0 Å². The molecule has 1 heterocycles. The van der Waals surface area contributed by atoms with Gasteiger partial charge in [-0.05, 0) is 5.92 Å². The van der Waals surface area contributed by atoms with Crippen LogP contribution in [0, 0.1) is 5.92 Å². The highest BCUT2D eigenvalue weighted by atomic mass is 32.2. The number of aliphatic hydroxyl groups is 1. The molecule has 3 N–H and O–H groups in total. The maximum Gasteiger partial charge on any atom is 0.276 e. The normalized spacial score (nSPS) is 13.2. The van der Waals surface area contributed by atoms with Crippen LogP contribution in [0.15, 0.2) is 9.64 Å². The van der Waals surface area contributed by atoms with E-state index in [2.05, 4.69) is 10.2 Å². The summed E-state index contributed by atoms with van der Waals surface area (Å²) in [5, 5.41) is 16.8. The Kier molecular flexibility index (Phi) is 4.20. The summed E-state index contributed by atoms with van der Waals surface area (Å²) in [6, 6.07) is 0. The largest absolute Gasteiger partial charge is 0.415 e. The second kappa shape index (κ2) is 5.21. The molecule has 13 heavy (non-hydrogen) atoms. The van der Waals surface area contributed by atoms with E-state index in [-0.39, 0.29) is 19.1 Å². The maximum absolute atomic E-state index is 8.76. The van der Waals surface area contributed by atoms with Gasteiger partial charge in [-0.2, -0.15) is 0 Å². The average Bonchev–Trinajstić information content (AvgIpc) is 2.61. The summed E-state index contributed by atoms with van der Waals surface area (Å²) in [4.78, 5) is 0. The Labute approximate surface area is 80.7 Å². The Bertz CT molecular complexity index is 254. The van der Waals surface area contributed by atoms with E-state index in [0.717, 1.165) is 5.75 Å². The average molecular weight is 203 g/mol. The van der Waals surface area contributed by atoms with Crippen LogP contribution < -0.4 is 5.73 Å². The molecule has 0 amide bonds. The second-order valence-electron chi connectivity index (χ2n) is 2.76. The van der Waals surface area contributed by atoms with Crippen LogP contribution in [0.25, 0.3) is 0 Å². The molecule has 1 rings (SSSR count). The number of hydrogen-bond donors (Lipinski definition) is 2. The van der Waals surface area contributed by atoms with Gasteiger partial charge in [0.1, 0.15) is 0 Å². The molecule has 0 spiro atoms. The Morgan fingerprint density at radius 3 is 2.92 bits per heavy atom. The van der Waals surface area contributed by atoms with E-state index in [1.165, 1.54) is 11.8 Å². The third-order valence-electron chi connectivity index (χ3n) is 1.43. The molecule has 0 aromatic carbocycles. The van der Waals surface area contributed by atoms with Crippen LogP contribution >= 0.6 is 11.8 Å². The van der Waals surface area contributed by atoms with E-state index in [9.17, 15) is 0 Å². The highest BCUT2D eigenvalue weighted by molar-refractivity contribution is 7.99. The lowest BCUT2D eigenvalue weighted by Crippen LogP contribution is -2.02. The number of aliphatic hydroxyl groups excluding tert-OH is 1. The summed E-state index contributed by atoms with van der Waals surface area (Å²) in [5.74, 6) is 1.44. The van der Waals surface area contributed by atoms with Crippen molar-refractivity contribution in [1.29, 1.82) is 0 Å². The molecule has 1 aromatic heterocycles. The van der Waals surface area contributed by atoms with Crippen LogP contribution in [-0.4, -0.2) is 27.7 Å². The summed E-state index contributed by atoms with van der Waals surface area (Å²) < 4.78 is 5.16. The minimum atomic E-state index is 0.172. The third-order valence-corrected chi connectivity index (χ3v) is 2.57. The van der Waals surface area contributed by atoms with E-state index in [1.807, 2.05) is 6.92 Å². The van der Waals surface area contributed by atoms with Gasteiger partial charge in [-0.3, -0.25) is 0 Å². The van der Waals surface area contributed by atoms with Crippen molar-refractivity contribution in [1.82, 2.24) is 10.2 Å². The molecule has 1 atom stereocenters. The minimum Gasteiger partial charge on any atom is -0.415 e. The van der Waals surface area contributed by atoms with E-state index in [0.29, 0.717) is 11.1 Å². The fraction of sp³-hybridized carbons (Fsp3) is 0.714. The number of nitrogens with two attached hydrogens (primary N) is 1. The van der Waals surface area contributed by atoms with Gasteiger partial charge in [0.15, 0.2) is 0 Å². The van der Waals surface area contributed by atoms with Crippen molar-refractivity contribution < 1.29 is 9.52 Å². The second-order valence-corrected chi connectivity index (χ2v) is 3.74. The lowest BCUT2D eigenvalue weighted by molar-refractivity contribution is 0.250. The smallest absolute Gasteiger partial charge is 0.276 e. The van der Waals surface area contributed by atoms with Gasteiger partial charge in [0.25, 0.3) is 5.22 Å². The fourth-order valence-electron chi connectivity index (χ4n) is 0.645. The molecule has 1 aromatic rings. The molecule has 0 aliphatic heterocycles. The van der Waals surface area contributed by atoms with E-state index in [1.54, 1.807) is 0 Å². The summed E-state index contributed by atoms with van der Waals surface area (Å²) in [7, 11) is 0. The van der Waals surface area contributed by atoms with E-state index >= 15 is 0 Å². The highest BCUT2D eigenvalue weighted by Gasteiger charge is 2.07. The molecule has 74 valence electrons. The highest BCUT2D eigenvalue weighted by Crippen LogP contribution is 2.18. The summed E-state index contributed by atoms with van der Waals surface area (Å²) in [6.45, 7) is 2.39. The number of thioether (sulfide) groups is 1. The van der Waals surface area contributed by atoms with Gasteiger partial charge in [0, 0.05) is 12.4 Å². The van der Waals surface area contributed by atoms with Gasteiger partial charge in [0.2, 0.25) is 5.89 Å². The van der Waals surface area contributed by atoms with Crippen molar-refractivity contribution in [2.24, 2.45) is 11.7 Å². The zero-order valence-corrected chi connectivity index (χ0v) is 8.25. The molecule has 6 heteroatoms. The molecule has 0 fully saturated rings. The van der Waals surface area contributed by atoms with Crippen LogP contribution in [-0.2, 0) is 6.54 Å². The Balaban J connectivity index is 2.36. The lowest BCUT2D eigenvalue weighted by Gasteiger charge is -2.02. The topological polar surface area (TPSA) is 85.2 Å². The SMILES string of the molecule is CC(CO)CSc1nnc(CN)o1. The van der Waals surface area contributed by atoms with Gasteiger partial charge in [-0.15, -0.1) is 10.2 Å². The van der Waals surface area contributed by atoms with Gasteiger partial charge < -0.3 is 15.3 Å². The fourth-order valence-corrected chi connectivity index (χ4v) is 1.43. The molecule has 0 bridgehead atoms. The van der Waals surface area contributed by atoms with E-state index in [4.69, 9.17) is 15.3 Å². The third kappa shape index (κ3) is 3.33. The van der Waals surface area contributed by atoms with E-state index < -0.39 is 0 Å². The number of nitrogens with zero attached hydrogens (tertiary/aromatic N) is 2. The van der Waals surface area contributed by atoms with Crippen LogP contribution in [0.3, 0.4) is 0 Å². The van der Waals surface area contributed by atoms with Crippen LogP contribution in [0.2, 0.25) is 0 Å². The monoisotopic (exact) mass is 203 g/mol. The quantitative estimate of drug-likeness (QED) is 0.667. The van der Waals surface area contributed by atoms with Crippen molar-refractivity contribution in [2.45, 2.75) is 18.7 Å². The Morgan fingerprint density at radius 1 is 1.62 bits per heavy atom. The van der Waals surface area contributed by atoms with Crippen molar-refractivity contribution >= 4 is 11.8 Å². The van der Waals surface area contributed by atoms with Crippen molar-refractivity contribution in [3.05, 3.63) is 5.89 Å². The number of rotatable bonds is 5. The molecule has 0 saturated heterocycles. The first-order valence-corrected chi connectivity index (χ1v) is 5.01. The summed E-state index contributed by atoms with van der Waals surface area (Å²) >= 11 is 1.43. The molecule has 0 aliphatic rings. The van der Waals surface area contributed by atoms with Crippen molar-refractivity contribution in [3.63, 3.8) is 0 Å². The van der Waals surface area contributed by atoms with Crippen LogP contribution in [0.5, 0.6) is 0 Å². The lowest BCUT2D eigenvalue weighted by atomic mass is 10.2. The van der Waals surface area contributed by atoms with Crippen molar-refractivity contribution in [3.8, 4) is 0 Å². The molecular weight excluding hydrogens is 190 g/mol. The summed E-state index contributed by atoms with van der Waals surface area (Å²) in [5.41, 5.74) is 5.30. The van der Waals surface area contributed by atoms with Gasteiger partial charge in [-0.25, -0.2) is 0 Å². The molecular formula is C7H13N3O2S. The molecule has 0 aliphatic carbocycles. The zero-order chi connectivity index (χ0) is 9.68. The standard InChI is InChI=1S/C7H13N3O2S/c1-5(3-11)4-13-7-10-9-6(2-8)12-7/h5,11H,2-4,8H2,1H3. The van der Waals surface area contributed by atoms with Crippen LogP contribution in [0.1, 0.15) is 12.8 Å². The molecule has 5 nitrogen and oxygen atoms in total. The first kappa shape index (κ1) is 10.5. The predicted octanol–water partition coefficient (Wildman–Crippen LogP) is 0.249. The van der Waals surface area contributed by atoms with Gasteiger partial charge in [-0.1, -0.05) is 18.7 Å².